The number of thioether (sulfide) groups is 1. The Balaban J connectivity index is 1.92. The standard InChI is InChI=1S/C13H20N4OS/c1-9-6-10(2)16-13(15-9)19-8-12(18)17-5-4-14-7-11(17)3/h6,11,14H,4-5,7-8H2,1-3H3/t11-/m1/s1. The van der Waals surface area contributed by atoms with Crippen molar-refractivity contribution in [3.05, 3.63) is 17.5 Å². The van der Waals surface area contributed by atoms with E-state index in [0.717, 1.165) is 31.0 Å². The summed E-state index contributed by atoms with van der Waals surface area (Å²) in [7, 11) is 0. The Labute approximate surface area is 118 Å². The molecule has 5 nitrogen and oxygen atoms in total. The number of amides is 1. The van der Waals surface area contributed by atoms with Crippen molar-refractivity contribution >= 4 is 17.7 Å². The highest BCUT2D eigenvalue weighted by atomic mass is 32.2. The molecule has 0 unspecified atom stereocenters. The van der Waals surface area contributed by atoms with Gasteiger partial charge in [0.25, 0.3) is 0 Å². The van der Waals surface area contributed by atoms with Gasteiger partial charge in [-0.15, -0.1) is 0 Å². The normalized spacial score (nSPS) is 19.5. The van der Waals surface area contributed by atoms with Gasteiger partial charge < -0.3 is 10.2 Å². The van der Waals surface area contributed by atoms with Crippen molar-refractivity contribution < 1.29 is 4.79 Å². The van der Waals surface area contributed by atoms with Crippen LogP contribution in [-0.4, -0.2) is 52.2 Å². The molecule has 0 aromatic carbocycles. The van der Waals surface area contributed by atoms with Crippen LogP contribution in [0, 0.1) is 13.8 Å². The Morgan fingerprint density at radius 2 is 2.16 bits per heavy atom. The van der Waals surface area contributed by atoms with Crippen molar-refractivity contribution in [2.75, 3.05) is 25.4 Å². The second-order valence-corrected chi connectivity index (χ2v) is 5.80. The predicted octanol–water partition coefficient (Wildman–Crippen LogP) is 1.01. The molecule has 2 rings (SSSR count). The fraction of sp³-hybridized carbons (Fsp3) is 0.615. The van der Waals surface area contributed by atoms with Gasteiger partial charge in [0, 0.05) is 37.1 Å². The van der Waals surface area contributed by atoms with E-state index < -0.39 is 0 Å². The zero-order chi connectivity index (χ0) is 13.8. The monoisotopic (exact) mass is 280 g/mol. The van der Waals surface area contributed by atoms with Crippen LogP contribution in [0.25, 0.3) is 0 Å². The van der Waals surface area contributed by atoms with Crippen molar-refractivity contribution in [3.8, 4) is 0 Å². The van der Waals surface area contributed by atoms with Crippen molar-refractivity contribution in [1.82, 2.24) is 20.2 Å². The van der Waals surface area contributed by atoms with Gasteiger partial charge in [0.15, 0.2) is 5.16 Å². The first-order chi connectivity index (χ1) is 9.06. The molecule has 2 heterocycles. The highest BCUT2D eigenvalue weighted by Crippen LogP contribution is 2.16. The first kappa shape index (κ1) is 14.3. The zero-order valence-corrected chi connectivity index (χ0v) is 12.5. The first-order valence-corrected chi connectivity index (χ1v) is 7.50. The summed E-state index contributed by atoms with van der Waals surface area (Å²) >= 11 is 1.42. The molecule has 1 aliphatic rings. The van der Waals surface area contributed by atoms with E-state index in [1.54, 1.807) is 0 Å². The van der Waals surface area contributed by atoms with E-state index in [0.29, 0.717) is 10.9 Å². The second kappa shape index (κ2) is 6.34. The molecule has 1 saturated heterocycles. The number of nitrogens with one attached hydrogen (secondary N) is 1. The molecule has 104 valence electrons. The highest BCUT2D eigenvalue weighted by molar-refractivity contribution is 7.99. The van der Waals surface area contributed by atoms with E-state index >= 15 is 0 Å². The maximum atomic E-state index is 12.2. The summed E-state index contributed by atoms with van der Waals surface area (Å²) in [6.07, 6.45) is 0. The van der Waals surface area contributed by atoms with Crippen molar-refractivity contribution in [3.63, 3.8) is 0 Å². The highest BCUT2D eigenvalue weighted by Gasteiger charge is 2.22. The third-order valence-corrected chi connectivity index (χ3v) is 3.94. The van der Waals surface area contributed by atoms with E-state index in [4.69, 9.17) is 0 Å². The molecular formula is C13H20N4OS. The van der Waals surface area contributed by atoms with E-state index in [9.17, 15) is 4.79 Å². The summed E-state index contributed by atoms with van der Waals surface area (Å²) in [6.45, 7) is 8.49. The fourth-order valence-electron chi connectivity index (χ4n) is 2.18. The molecule has 1 aromatic rings. The van der Waals surface area contributed by atoms with Crippen LogP contribution in [0.1, 0.15) is 18.3 Å². The number of aryl methyl sites for hydroxylation is 2. The number of piperazine rings is 1. The van der Waals surface area contributed by atoms with Gasteiger partial charge in [-0.2, -0.15) is 0 Å². The number of hydrogen-bond acceptors (Lipinski definition) is 5. The average Bonchev–Trinajstić information content (AvgIpc) is 2.35. The lowest BCUT2D eigenvalue weighted by Crippen LogP contribution is -2.52. The molecule has 0 spiro atoms. The van der Waals surface area contributed by atoms with Gasteiger partial charge >= 0.3 is 0 Å². The lowest BCUT2D eigenvalue weighted by Gasteiger charge is -2.33. The van der Waals surface area contributed by atoms with Crippen LogP contribution in [-0.2, 0) is 4.79 Å². The van der Waals surface area contributed by atoms with Gasteiger partial charge in [0.1, 0.15) is 0 Å². The predicted molar refractivity (Wildman–Crippen MR) is 76.3 cm³/mol. The molecule has 6 heteroatoms. The molecule has 1 aliphatic heterocycles. The smallest absolute Gasteiger partial charge is 0.233 e. The van der Waals surface area contributed by atoms with E-state index in [1.807, 2.05) is 24.8 Å². The minimum Gasteiger partial charge on any atom is -0.337 e. The SMILES string of the molecule is Cc1cc(C)nc(SCC(=O)N2CCNC[C@H]2C)n1. The number of aromatic nitrogens is 2. The number of carbonyl (C=O) groups excluding carboxylic acids is 1. The summed E-state index contributed by atoms with van der Waals surface area (Å²) in [5.74, 6) is 0.578. The summed E-state index contributed by atoms with van der Waals surface area (Å²) in [5.41, 5.74) is 1.89. The summed E-state index contributed by atoms with van der Waals surface area (Å²) in [5, 5.41) is 3.97. The van der Waals surface area contributed by atoms with Crippen LogP contribution in [0.3, 0.4) is 0 Å². The zero-order valence-electron chi connectivity index (χ0n) is 11.6. The fourth-order valence-corrected chi connectivity index (χ4v) is 3.01. The Kier molecular flexibility index (Phi) is 4.76. The number of nitrogens with zero attached hydrogens (tertiary/aromatic N) is 3. The maximum Gasteiger partial charge on any atom is 0.233 e. The quantitative estimate of drug-likeness (QED) is 0.661. The van der Waals surface area contributed by atoms with Crippen molar-refractivity contribution in [2.45, 2.75) is 32.0 Å². The Morgan fingerprint density at radius 3 is 2.79 bits per heavy atom. The van der Waals surface area contributed by atoms with Crippen LogP contribution in [0.5, 0.6) is 0 Å². The first-order valence-electron chi connectivity index (χ1n) is 6.51. The Hall–Kier alpha value is -1.14. The molecule has 0 bridgehead atoms. The third-order valence-electron chi connectivity index (χ3n) is 3.11. The molecule has 0 aliphatic carbocycles. The maximum absolute atomic E-state index is 12.2. The summed E-state index contributed by atoms with van der Waals surface area (Å²) in [6, 6.07) is 2.20. The molecule has 1 amide bonds. The molecule has 0 saturated carbocycles. The minimum atomic E-state index is 0.168. The van der Waals surface area contributed by atoms with Crippen LogP contribution in [0.2, 0.25) is 0 Å². The molecule has 1 atom stereocenters. The summed E-state index contributed by atoms with van der Waals surface area (Å²) in [4.78, 5) is 22.8. The topological polar surface area (TPSA) is 58.1 Å². The van der Waals surface area contributed by atoms with Crippen LogP contribution in [0.4, 0.5) is 0 Å². The third kappa shape index (κ3) is 3.91. The summed E-state index contributed by atoms with van der Waals surface area (Å²) < 4.78 is 0. The van der Waals surface area contributed by atoms with Gasteiger partial charge in [-0.1, -0.05) is 11.8 Å². The van der Waals surface area contributed by atoms with E-state index in [2.05, 4.69) is 22.2 Å². The Morgan fingerprint density at radius 1 is 1.47 bits per heavy atom. The van der Waals surface area contributed by atoms with E-state index in [1.165, 1.54) is 11.8 Å². The van der Waals surface area contributed by atoms with Crippen molar-refractivity contribution in [2.24, 2.45) is 0 Å². The van der Waals surface area contributed by atoms with Crippen LogP contribution < -0.4 is 5.32 Å². The molecule has 19 heavy (non-hydrogen) atoms. The van der Waals surface area contributed by atoms with Gasteiger partial charge in [-0.25, -0.2) is 9.97 Å². The lowest BCUT2D eigenvalue weighted by atomic mass is 10.2. The van der Waals surface area contributed by atoms with E-state index in [-0.39, 0.29) is 11.9 Å². The van der Waals surface area contributed by atoms with Gasteiger partial charge in [-0.05, 0) is 26.8 Å². The Bertz CT molecular complexity index is 446. The van der Waals surface area contributed by atoms with Crippen LogP contribution in [0.15, 0.2) is 11.2 Å². The molecule has 1 N–H and O–H groups in total. The number of hydrogen-bond donors (Lipinski definition) is 1. The molecule has 0 radical (unpaired) electrons. The largest absolute Gasteiger partial charge is 0.337 e. The van der Waals surface area contributed by atoms with Crippen molar-refractivity contribution in [1.29, 1.82) is 0 Å². The van der Waals surface area contributed by atoms with Gasteiger partial charge in [0.05, 0.1) is 5.75 Å². The lowest BCUT2D eigenvalue weighted by molar-refractivity contribution is -0.131. The van der Waals surface area contributed by atoms with Gasteiger partial charge in [0.2, 0.25) is 5.91 Å². The number of carbonyl (C=O) groups is 1. The second-order valence-electron chi connectivity index (χ2n) is 4.86. The minimum absolute atomic E-state index is 0.168. The average molecular weight is 280 g/mol. The van der Waals surface area contributed by atoms with Gasteiger partial charge in [-0.3, -0.25) is 4.79 Å². The number of rotatable bonds is 3. The molecule has 1 aromatic heterocycles. The molecular weight excluding hydrogens is 260 g/mol. The van der Waals surface area contributed by atoms with Crippen LogP contribution >= 0.6 is 11.8 Å². The molecule has 1 fully saturated rings.